The van der Waals surface area contributed by atoms with Gasteiger partial charge < -0.3 is 16.6 Å². The third kappa shape index (κ3) is 6.62. The minimum Gasteiger partial charge on any atom is -0.391 e. The zero-order valence-electron chi connectivity index (χ0n) is 6.99. The van der Waals surface area contributed by atoms with Crippen LogP contribution in [-0.4, -0.2) is 35.3 Å². The zero-order chi connectivity index (χ0) is 8.69. The van der Waals surface area contributed by atoms with E-state index in [1.54, 1.807) is 11.8 Å². The Bertz CT molecular complexity index is 92.5. The highest BCUT2D eigenvalue weighted by atomic mass is 32.2. The Morgan fingerprint density at radius 2 is 2.09 bits per heavy atom. The van der Waals surface area contributed by atoms with Gasteiger partial charge in [0.1, 0.15) is 0 Å². The molecule has 3 nitrogen and oxygen atoms in total. The largest absolute Gasteiger partial charge is 0.391 e. The molecule has 2 atom stereocenters. The molecule has 0 fully saturated rings. The van der Waals surface area contributed by atoms with Crippen LogP contribution >= 0.6 is 11.8 Å². The van der Waals surface area contributed by atoms with Gasteiger partial charge in [-0.25, -0.2) is 0 Å². The molecule has 0 aliphatic rings. The van der Waals surface area contributed by atoms with E-state index in [1.165, 1.54) is 0 Å². The topological polar surface area (TPSA) is 72.3 Å². The molecule has 0 aromatic carbocycles. The minimum atomic E-state index is -0.361. The third-order valence-corrected chi connectivity index (χ3v) is 2.80. The molecule has 0 spiro atoms. The van der Waals surface area contributed by atoms with Crippen LogP contribution in [0.1, 0.15) is 13.3 Å². The maximum atomic E-state index is 9.10. The van der Waals surface area contributed by atoms with Crippen LogP contribution < -0.4 is 11.5 Å². The van der Waals surface area contributed by atoms with Crippen LogP contribution in [0.15, 0.2) is 0 Å². The van der Waals surface area contributed by atoms with Crippen LogP contribution in [0, 0.1) is 0 Å². The van der Waals surface area contributed by atoms with Gasteiger partial charge in [-0.05, 0) is 13.0 Å². The number of hydrogen-bond donors (Lipinski definition) is 3. The maximum absolute atomic E-state index is 9.10. The van der Waals surface area contributed by atoms with Gasteiger partial charge >= 0.3 is 0 Å². The van der Waals surface area contributed by atoms with Gasteiger partial charge in [-0.1, -0.05) is 6.92 Å². The Kier molecular flexibility index (Phi) is 7.06. The van der Waals surface area contributed by atoms with Crippen molar-refractivity contribution in [3.8, 4) is 0 Å². The Hall–Kier alpha value is 0.230. The minimum absolute atomic E-state index is 0.350. The average molecular weight is 178 g/mol. The molecular formula is C7H18N2OS. The quantitative estimate of drug-likeness (QED) is 0.525. The van der Waals surface area contributed by atoms with Crippen molar-refractivity contribution >= 4 is 11.8 Å². The number of rotatable bonds is 6. The summed E-state index contributed by atoms with van der Waals surface area (Å²) in [5, 5.41) is 9.63. The van der Waals surface area contributed by atoms with Crippen molar-refractivity contribution in [3.05, 3.63) is 0 Å². The first-order chi connectivity index (χ1) is 5.20. The summed E-state index contributed by atoms with van der Waals surface area (Å²) >= 11 is 1.72. The van der Waals surface area contributed by atoms with E-state index in [9.17, 15) is 0 Å². The molecule has 5 N–H and O–H groups in total. The van der Waals surface area contributed by atoms with E-state index < -0.39 is 0 Å². The first-order valence-electron chi connectivity index (χ1n) is 3.90. The fourth-order valence-corrected chi connectivity index (χ4v) is 1.65. The Balaban J connectivity index is 3.22. The summed E-state index contributed by atoms with van der Waals surface area (Å²) < 4.78 is 0. The van der Waals surface area contributed by atoms with Gasteiger partial charge in [0.25, 0.3) is 0 Å². The van der Waals surface area contributed by atoms with Crippen LogP contribution in [0.25, 0.3) is 0 Å². The van der Waals surface area contributed by atoms with Gasteiger partial charge in [0, 0.05) is 17.5 Å². The van der Waals surface area contributed by atoms with E-state index in [4.69, 9.17) is 16.6 Å². The molecule has 0 aliphatic heterocycles. The van der Waals surface area contributed by atoms with Crippen molar-refractivity contribution in [2.45, 2.75) is 24.7 Å². The second-order valence-electron chi connectivity index (χ2n) is 2.61. The second-order valence-corrected chi connectivity index (χ2v) is 4.08. The lowest BCUT2D eigenvalue weighted by molar-refractivity contribution is 0.208. The van der Waals surface area contributed by atoms with E-state index in [0.717, 1.165) is 12.2 Å². The summed E-state index contributed by atoms with van der Waals surface area (Å²) in [6.07, 6.45) is 0.641. The molecule has 0 amide bonds. The molecule has 0 saturated heterocycles. The van der Waals surface area contributed by atoms with Crippen LogP contribution in [0.3, 0.4) is 0 Å². The van der Waals surface area contributed by atoms with E-state index in [-0.39, 0.29) is 6.10 Å². The standard InChI is InChI=1S/C7H18N2OS/c1-6(2-3-8)11-5-7(10)4-9/h6-7,10H,2-5,8-9H2,1H3. The lowest BCUT2D eigenvalue weighted by atomic mass is 10.3. The van der Waals surface area contributed by atoms with Crippen LogP contribution in [0.2, 0.25) is 0 Å². The molecule has 0 radical (unpaired) electrons. The predicted molar refractivity (Wildman–Crippen MR) is 50.7 cm³/mol. The lowest BCUT2D eigenvalue weighted by Crippen LogP contribution is -2.23. The molecule has 68 valence electrons. The summed E-state index contributed by atoms with van der Waals surface area (Å²) in [5.74, 6) is 0.720. The molecule has 0 aromatic heterocycles. The predicted octanol–water partition coefficient (Wildman–Crippen LogP) is -0.223. The number of nitrogens with two attached hydrogens (primary N) is 2. The molecule has 0 rings (SSSR count). The Morgan fingerprint density at radius 1 is 1.45 bits per heavy atom. The summed E-state index contributed by atoms with van der Waals surface area (Å²) in [5.41, 5.74) is 10.6. The van der Waals surface area contributed by atoms with Gasteiger partial charge in [-0.3, -0.25) is 0 Å². The maximum Gasteiger partial charge on any atom is 0.0752 e. The summed E-state index contributed by atoms with van der Waals surface area (Å²) in [4.78, 5) is 0. The van der Waals surface area contributed by atoms with Crippen LogP contribution in [0.4, 0.5) is 0 Å². The van der Waals surface area contributed by atoms with Crippen molar-refractivity contribution in [2.75, 3.05) is 18.8 Å². The highest BCUT2D eigenvalue weighted by Crippen LogP contribution is 2.13. The number of aliphatic hydroxyl groups is 1. The Labute approximate surface area is 72.5 Å². The molecule has 11 heavy (non-hydrogen) atoms. The first-order valence-corrected chi connectivity index (χ1v) is 4.95. The van der Waals surface area contributed by atoms with Gasteiger partial charge in [0.05, 0.1) is 6.10 Å². The highest BCUT2D eigenvalue weighted by Gasteiger charge is 2.05. The van der Waals surface area contributed by atoms with E-state index in [1.807, 2.05) is 0 Å². The van der Waals surface area contributed by atoms with Crippen molar-refractivity contribution in [1.82, 2.24) is 0 Å². The van der Waals surface area contributed by atoms with Gasteiger partial charge in [-0.15, -0.1) is 0 Å². The van der Waals surface area contributed by atoms with Crippen LogP contribution in [0.5, 0.6) is 0 Å². The molecule has 0 aromatic rings. The summed E-state index contributed by atoms with van der Waals surface area (Å²) in [6, 6.07) is 0. The third-order valence-electron chi connectivity index (χ3n) is 1.42. The van der Waals surface area contributed by atoms with Gasteiger partial charge in [0.2, 0.25) is 0 Å². The highest BCUT2D eigenvalue weighted by molar-refractivity contribution is 7.99. The fraction of sp³-hybridized carbons (Fsp3) is 1.00. The first kappa shape index (κ1) is 11.2. The van der Waals surface area contributed by atoms with E-state index >= 15 is 0 Å². The Morgan fingerprint density at radius 3 is 2.55 bits per heavy atom. The van der Waals surface area contributed by atoms with Crippen LogP contribution in [-0.2, 0) is 0 Å². The number of aliphatic hydroxyl groups excluding tert-OH is 1. The monoisotopic (exact) mass is 178 g/mol. The molecule has 4 heteroatoms. The van der Waals surface area contributed by atoms with Crippen molar-refractivity contribution < 1.29 is 5.11 Å². The average Bonchev–Trinajstić information content (AvgIpc) is 2.01. The lowest BCUT2D eigenvalue weighted by Gasteiger charge is -2.12. The van der Waals surface area contributed by atoms with Crippen molar-refractivity contribution in [1.29, 1.82) is 0 Å². The number of hydrogen-bond acceptors (Lipinski definition) is 4. The van der Waals surface area contributed by atoms with Gasteiger partial charge in [-0.2, -0.15) is 11.8 Å². The molecular weight excluding hydrogens is 160 g/mol. The SMILES string of the molecule is CC(CCN)SCC(O)CN. The molecule has 0 saturated carbocycles. The van der Waals surface area contributed by atoms with Crippen molar-refractivity contribution in [2.24, 2.45) is 11.5 Å². The summed E-state index contributed by atoms with van der Waals surface area (Å²) in [7, 11) is 0. The van der Waals surface area contributed by atoms with Gasteiger partial charge in [0.15, 0.2) is 0 Å². The smallest absolute Gasteiger partial charge is 0.0752 e. The van der Waals surface area contributed by atoms with E-state index in [2.05, 4.69) is 6.92 Å². The molecule has 2 unspecified atom stereocenters. The molecule has 0 aliphatic carbocycles. The van der Waals surface area contributed by atoms with Crippen molar-refractivity contribution in [3.63, 3.8) is 0 Å². The number of thioether (sulfide) groups is 1. The molecule has 0 bridgehead atoms. The normalized spacial score (nSPS) is 16.4. The molecule has 0 heterocycles. The summed E-state index contributed by atoms with van der Waals surface area (Å²) in [6.45, 7) is 3.18. The van der Waals surface area contributed by atoms with E-state index in [0.29, 0.717) is 18.3 Å². The fourth-order valence-electron chi connectivity index (χ4n) is 0.661. The zero-order valence-corrected chi connectivity index (χ0v) is 7.81. The second kappa shape index (κ2) is 6.91.